The third-order valence-electron chi connectivity index (χ3n) is 4.52. The first-order valence-electron chi connectivity index (χ1n) is 9.18. The second-order valence-electron chi connectivity index (χ2n) is 6.74. The molecule has 0 heterocycles. The molecule has 0 radical (unpaired) electrons. The number of hydrogen-bond donors (Lipinski definition) is 1. The number of thioether (sulfide) groups is 1. The van der Waals surface area contributed by atoms with Crippen LogP contribution >= 0.6 is 11.8 Å². The molecule has 0 aliphatic carbocycles. The quantitative estimate of drug-likeness (QED) is 0.531. The second-order valence-corrected chi connectivity index (χ2v) is 7.62. The summed E-state index contributed by atoms with van der Waals surface area (Å²) in [5, 5.41) is 2.51. The van der Waals surface area contributed by atoms with Crippen LogP contribution in [0.1, 0.15) is 27.0 Å². The fraction of sp³-hybridized carbons (Fsp3) is 0.318. The molecule has 1 N–H and O–H groups in total. The topological polar surface area (TPSA) is 75.7 Å². The van der Waals surface area contributed by atoms with Crippen LogP contribution in [0.15, 0.2) is 47.4 Å². The summed E-state index contributed by atoms with van der Waals surface area (Å²) in [4.78, 5) is 38.8. The number of rotatable bonds is 8. The van der Waals surface area contributed by atoms with Crippen LogP contribution < -0.4 is 5.32 Å². The van der Waals surface area contributed by atoms with Crippen LogP contribution in [-0.2, 0) is 20.9 Å². The van der Waals surface area contributed by atoms with Gasteiger partial charge in [-0.25, -0.2) is 0 Å². The molecule has 7 heteroatoms. The van der Waals surface area contributed by atoms with E-state index in [0.717, 1.165) is 21.6 Å². The highest BCUT2D eigenvalue weighted by atomic mass is 32.2. The molecule has 0 bridgehead atoms. The van der Waals surface area contributed by atoms with Gasteiger partial charge in [0.1, 0.15) is 6.54 Å². The minimum absolute atomic E-state index is 0.293. The number of amides is 2. The van der Waals surface area contributed by atoms with Crippen molar-refractivity contribution in [2.75, 3.05) is 26.5 Å². The Morgan fingerprint density at radius 1 is 1.03 bits per heavy atom. The Labute approximate surface area is 175 Å². The van der Waals surface area contributed by atoms with Gasteiger partial charge >= 0.3 is 5.97 Å². The third kappa shape index (κ3) is 6.94. The van der Waals surface area contributed by atoms with Gasteiger partial charge in [0.15, 0.2) is 6.61 Å². The fourth-order valence-corrected chi connectivity index (χ4v) is 2.94. The van der Waals surface area contributed by atoms with Gasteiger partial charge in [-0.2, -0.15) is 0 Å². The molecule has 6 nitrogen and oxygen atoms in total. The second kappa shape index (κ2) is 10.7. The molecule has 0 atom stereocenters. The zero-order valence-corrected chi connectivity index (χ0v) is 18.0. The van der Waals surface area contributed by atoms with Crippen molar-refractivity contribution in [2.45, 2.75) is 25.3 Å². The van der Waals surface area contributed by atoms with Crippen molar-refractivity contribution in [3.05, 3.63) is 64.7 Å². The molecule has 2 aromatic rings. The lowest BCUT2D eigenvalue weighted by molar-refractivity contribution is -0.150. The van der Waals surface area contributed by atoms with Gasteiger partial charge in [0.2, 0.25) is 0 Å². The molecular weight excluding hydrogens is 388 g/mol. The van der Waals surface area contributed by atoms with Crippen molar-refractivity contribution in [3.63, 3.8) is 0 Å². The molecule has 0 saturated heterocycles. The number of nitrogens with one attached hydrogen (secondary N) is 1. The molecule has 0 aliphatic rings. The summed E-state index contributed by atoms with van der Waals surface area (Å²) >= 11 is 1.65. The lowest BCUT2D eigenvalue weighted by Gasteiger charge is -2.17. The van der Waals surface area contributed by atoms with Crippen molar-refractivity contribution < 1.29 is 19.1 Å². The van der Waals surface area contributed by atoms with Crippen LogP contribution in [0.5, 0.6) is 0 Å². The van der Waals surface area contributed by atoms with E-state index in [9.17, 15) is 14.4 Å². The summed E-state index contributed by atoms with van der Waals surface area (Å²) < 4.78 is 4.98. The maximum Gasteiger partial charge on any atom is 0.325 e. The number of likely N-dealkylation sites (N-methyl/N-ethyl adjacent to an activating group) is 1. The highest BCUT2D eigenvalue weighted by Crippen LogP contribution is 2.15. The molecule has 0 fully saturated rings. The normalized spacial score (nSPS) is 10.3. The van der Waals surface area contributed by atoms with Crippen LogP contribution in [0.2, 0.25) is 0 Å². The van der Waals surface area contributed by atoms with Gasteiger partial charge in [0.25, 0.3) is 11.8 Å². The SMILES string of the molecule is CSc1ccc(CN(C)C(=O)COC(=O)CNC(=O)c2ccc(C)c(C)c2)cc1. The first-order valence-corrected chi connectivity index (χ1v) is 10.4. The summed E-state index contributed by atoms with van der Waals surface area (Å²) in [6.07, 6.45) is 2.00. The zero-order chi connectivity index (χ0) is 21.4. The number of ether oxygens (including phenoxy) is 1. The Balaban J connectivity index is 1.74. The Morgan fingerprint density at radius 2 is 1.72 bits per heavy atom. The van der Waals surface area contributed by atoms with Crippen LogP contribution in [0, 0.1) is 13.8 Å². The molecule has 2 rings (SSSR count). The minimum atomic E-state index is -0.659. The van der Waals surface area contributed by atoms with E-state index in [0.29, 0.717) is 12.1 Å². The molecule has 0 saturated carbocycles. The molecule has 0 spiro atoms. The average Bonchev–Trinajstić information content (AvgIpc) is 2.72. The number of hydrogen-bond acceptors (Lipinski definition) is 5. The van der Waals surface area contributed by atoms with Gasteiger partial charge in [-0.15, -0.1) is 11.8 Å². The summed E-state index contributed by atoms with van der Waals surface area (Å²) in [5.41, 5.74) is 3.55. The van der Waals surface area contributed by atoms with Gasteiger partial charge in [0.05, 0.1) is 0 Å². The molecule has 0 aliphatic heterocycles. The van der Waals surface area contributed by atoms with Crippen molar-refractivity contribution in [1.82, 2.24) is 10.2 Å². The monoisotopic (exact) mass is 414 g/mol. The van der Waals surface area contributed by atoms with E-state index in [1.165, 1.54) is 4.90 Å². The van der Waals surface area contributed by atoms with E-state index in [4.69, 9.17) is 4.74 Å². The smallest absolute Gasteiger partial charge is 0.325 e. The van der Waals surface area contributed by atoms with Crippen molar-refractivity contribution in [3.8, 4) is 0 Å². The van der Waals surface area contributed by atoms with Gasteiger partial charge in [0, 0.05) is 24.1 Å². The summed E-state index contributed by atoms with van der Waals surface area (Å²) in [6, 6.07) is 13.2. The minimum Gasteiger partial charge on any atom is -0.454 e. The molecule has 29 heavy (non-hydrogen) atoms. The van der Waals surface area contributed by atoms with E-state index in [-0.39, 0.29) is 25.0 Å². The molecule has 0 unspecified atom stereocenters. The standard InChI is InChI=1S/C22H26N2O4S/c1-15-5-8-18(11-16(15)2)22(27)23-12-21(26)28-14-20(25)24(3)13-17-6-9-19(29-4)10-7-17/h5-11H,12-14H2,1-4H3,(H,23,27). The molecule has 154 valence electrons. The van der Waals surface area contributed by atoms with Gasteiger partial charge in [-0.05, 0) is 61.1 Å². The largest absolute Gasteiger partial charge is 0.454 e. The van der Waals surface area contributed by atoms with E-state index < -0.39 is 5.97 Å². The number of nitrogens with zero attached hydrogens (tertiary/aromatic N) is 1. The Kier molecular flexibility index (Phi) is 8.27. The maximum absolute atomic E-state index is 12.2. The summed E-state index contributed by atoms with van der Waals surface area (Å²) in [7, 11) is 1.65. The number of benzene rings is 2. The molecule has 2 amide bonds. The number of carbonyl (C=O) groups is 3. The van der Waals surface area contributed by atoms with Crippen molar-refractivity contribution in [2.24, 2.45) is 0 Å². The number of carbonyl (C=O) groups excluding carboxylic acids is 3. The molecule has 2 aromatic carbocycles. The lowest BCUT2D eigenvalue weighted by atomic mass is 10.1. The number of esters is 1. The predicted molar refractivity (Wildman–Crippen MR) is 114 cm³/mol. The van der Waals surface area contributed by atoms with Crippen molar-refractivity contribution >= 4 is 29.5 Å². The highest BCUT2D eigenvalue weighted by Gasteiger charge is 2.14. The Bertz CT molecular complexity index is 881. The number of aryl methyl sites for hydroxylation is 2. The van der Waals surface area contributed by atoms with Crippen LogP contribution in [0.25, 0.3) is 0 Å². The maximum atomic E-state index is 12.2. The van der Waals surface area contributed by atoms with Gasteiger partial charge in [-0.1, -0.05) is 18.2 Å². The van der Waals surface area contributed by atoms with Gasteiger partial charge < -0.3 is 15.0 Å². The molecular formula is C22H26N2O4S. The van der Waals surface area contributed by atoms with Crippen LogP contribution in [-0.4, -0.2) is 49.1 Å². The lowest BCUT2D eigenvalue weighted by Crippen LogP contribution is -2.34. The molecule has 0 aromatic heterocycles. The first-order chi connectivity index (χ1) is 13.8. The van der Waals surface area contributed by atoms with Crippen molar-refractivity contribution in [1.29, 1.82) is 0 Å². The third-order valence-corrected chi connectivity index (χ3v) is 5.27. The zero-order valence-electron chi connectivity index (χ0n) is 17.2. The van der Waals surface area contributed by atoms with Gasteiger partial charge in [-0.3, -0.25) is 14.4 Å². The first kappa shape index (κ1) is 22.5. The van der Waals surface area contributed by atoms with E-state index in [1.807, 2.05) is 50.4 Å². The van der Waals surface area contributed by atoms with Crippen LogP contribution in [0.3, 0.4) is 0 Å². The van der Waals surface area contributed by atoms with E-state index in [1.54, 1.807) is 30.9 Å². The predicted octanol–water partition coefficient (Wildman–Crippen LogP) is 2.96. The Morgan fingerprint density at radius 3 is 2.34 bits per heavy atom. The summed E-state index contributed by atoms with van der Waals surface area (Å²) in [6.45, 7) is 3.65. The summed E-state index contributed by atoms with van der Waals surface area (Å²) in [5.74, 6) is -1.33. The van der Waals surface area contributed by atoms with E-state index in [2.05, 4.69) is 5.32 Å². The Hall–Kier alpha value is -2.80. The average molecular weight is 415 g/mol. The van der Waals surface area contributed by atoms with Crippen LogP contribution in [0.4, 0.5) is 0 Å². The fourth-order valence-electron chi connectivity index (χ4n) is 2.53. The highest BCUT2D eigenvalue weighted by molar-refractivity contribution is 7.98. The van der Waals surface area contributed by atoms with E-state index >= 15 is 0 Å².